The molecule has 0 aliphatic rings. The van der Waals surface area contributed by atoms with Gasteiger partial charge >= 0.3 is 5.97 Å². The van der Waals surface area contributed by atoms with E-state index in [0.29, 0.717) is 18.1 Å². The van der Waals surface area contributed by atoms with E-state index in [0.717, 1.165) is 12.0 Å². The lowest BCUT2D eigenvalue weighted by Crippen LogP contribution is -2.31. The monoisotopic (exact) mass is 385 g/mol. The molecule has 0 heterocycles. The second kappa shape index (κ2) is 10.3. The van der Waals surface area contributed by atoms with Gasteiger partial charge in [0.1, 0.15) is 0 Å². The van der Waals surface area contributed by atoms with Crippen LogP contribution in [0.4, 0.5) is 0 Å². The van der Waals surface area contributed by atoms with Crippen molar-refractivity contribution in [1.29, 1.82) is 0 Å². The number of hydrogen-bond donors (Lipinski definition) is 1. The van der Waals surface area contributed by atoms with Crippen LogP contribution in [-0.4, -0.2) is 32.2 Å². The number of amides is 1. The number of esters is 1. The average Bonchev–Trinajstić information content (AvgIpc) is 2.72. The van der Waals surface area contributed by atoms with Crippen LogP contribution in [-0.2, 0) is 16.0 Å². The van der Waals surface area contributed by atoms with E-state index in [4.69, 9.17) is 14.2 Å². The first-order valence-electron chi connectivity index (χ1n) is 9.34. The fourth-order valence-electron chi connectivity index (χ4n) is 2.69. The van der Waals surface area contributed by atoms with Crippen molar-refractivity contribution in [2.45, 2.75) is 33.2 Å². The first kappa shape index (κ1) is 21.3. The molecule has 1 N–H and O–H groups in total. The number of benzene rings is 2. The van der Waals surface area contributed by atoms with Crippen molar-refractivity contribution < 1.29 is 23.8 Å². The smallest absolute Gasteiger partial charge is 0.338 e. The normalized spacial score (nSPS) is 11.4. The predicted molar refractivity (Wildman–Crippen MR) is 107 cm³/mol. The molecule has 0 radical (unpaired) electrons. The molecule has 2 aromatic rings. The van der Waals surface area contributed by atoms with Crippen LogP contribution < -0.4 is 14.8 Å². The molecule has 0 aliphatic heterocycles. The van der Waals surface area contributed by atoms with Gasteiger partial charge in [0, 0.05) is 0 Å². The summed E-state index contributed by atoms with van der Waals surface area (Å²) in [6.45, 7) is 5.97. The van der Waals surface area contributed by atoms with Gasteiger partial charge in [-0.2, -0.15) is 0 Å². The maximum Gasteiger partial charge on any atom is 0.338 e. The van der Waals surface area contributed by atoms with E-state index in [9.17, 15) is 9.59 Å². The highest BCUT2D eigenvalue weighted by Crippen LogP contribution is 2.28. The zero-order valence-corrected chi connectivity index (χ0v) is 16.8. The molecule has 150 valence electrons. The van der Waals surface area contributed by atoms with E-state index in [2.05, 4.69) is 12.2 Å². The molecule has 0 saturated heterocycles. The molecule has 0 spiro atoms. The summed E-state index contributed by atoms with van der Waals surface area (Å²) < 4.78 is 15.8. The lowest BCUT2D eigenvalue weighted by atomic mass is 10.1. The molecule has 0 bridgehead atoms. The van der Waals surface area contributed by atoms with Crippen molar-refractivity contribution in [3.8, 4) is 11.5 Å². The summed E-state index contributed by atoms with van der Waals surface area (Å²) in [7, 11) is 1.49. The lowest BCUT2D eigenvalue weighted by Gasteiger charge is -2.15. The Morgan fingerprint density at radius 2 is 1.75 bits per heavy atom. The highest BCUT2D eigenvalue weighted by Gasteiger charge is 2.15. The summed E-state index contributed by atoms with van der Waals surface area (Å²) in [5.74, 6) is 0.0156. The average molecular weight is 385 g/mol. The Kier molecular flexibility index (Phi) is 7.87. The molecule has 6 heteroatoms. The van der Waals surface area contributed by atoms with Crippen molar-refractivity contribution in [3.05, 3.63) is 59.2 Å². The van der Waals surface area contributed by atoms with Crippen molar-refractivity contribution in [2.75, 3.05) is 20.3 Å². The Hall–Kier alpha value is -3.02. The Morgan fingerprint density at radius 1 is 1.04 bits per heavy atom. The molecule has 0 aromatic heterocycles. The minimum Gasteiger partial charge on any atom is -0.493 e. The molecule has 2 rings (SSSR count). The zero-order chi connectivity index (χ0) is 20.5. The van der Waals surface area contributed by atoms with E-state index in [1.807, 2.05) is 38.1 Å². The van der Waals surface area contributed by atoms with Crippen molar-refractivity contribution in [2.24, 2.45) is 0 Å². The van der Waals surface area contributed by atoms with Crippen LogP contribution in [0.3, 0.4) is 0 Å². The van der Waals surface area contributed by atoms with Crippen LogP contribution >= 0.6 is 0 Å². The third-order valence-electron chi connectivity index (χ3n) is 4.30. The molecular weight excluding hydrogens is 358 g/mol. The van der Waals surface area contributed by atoms with Gasteiger partial charge in [-0.15, -0.1) is 0 Å². The summed E-state index contributed by atoms with van der Waals surface area (Å²) in [6.07, 6.45) is 0.966. The zero-order valence-electron chi connectivity index (χ0n) is 16.8. The molecule has 2 aromatic carbocycles. The van der Waals surface area contributed by atoms with Crippen molar-refractivity contribution in [3.63, 3.8) is 0 Å². The first-order chi connectivity index (χ1) is 13.5. The fraction of sp³-hybridized carbons (Fsp3) is 0.364. The number of aryl methyl sites for hydroxylation is 1. The Balaban J connectivity index is 1.90. The van der Waals surface area contributed by atoms with Gasteiger partial charge in [-0.3, -0.25) is 4.79 Å². The van der Waals surface area contributed by atoms with Crippen LogP contribution in [0.25, 0.3) is 0 Å². The molecule has 1 amide bonds. The van der Waals surface area contributed by atoms with Crippen LogP contribution in [0.5, 0.6) is 11.5 Å². The van der Waals surface area contributed by atoms with Gasteiger partial charge in [0.05, 0.1) is 25.3 Å². The van der Waals surface area contributed by atoms with E-state index in [-0.39, 0.29) is 24.1 Å². The third kappa shape index (κ3) is 5.74. The summed E-state index contributed by atoms with van der Waals surface area (Å²) in [6, 6.07) is 12.6. The van der Waals surface area contributed by atoms with Crippen LogP contribution in [0.15, 0.2) is 42.5 Å². The molecule has 0 saturated carbocycles. The van der Waals surface area contributed by atoms with E-state index in [1.165, 1.54) is 18.7 Å². The van der Waals surface area contributed by atoms with Gasteiger partial charge < -0.3 is 19.5 Å². The largest absolute Gasteiger partial charge is 0.493 e. The quantitative estimate of drug-likeness (QED) is 0.667. The van der Waals surface area contributed by atoms with E-state index < -0.39 is 5.97 Å². The molecule has 1 atom stereocenters. The number of hydrogen-bond acceptors (Lipinski definition) is 5. The van der Waals surface area contributed by atoms with Gasteiger partial charge in [-0.1, -0.05) is 31.2 Å². The highest BCUT2D eigenvalue weighted by atomic mass is 16.5. The number of rotatable bonds is 9. The van der Waals surface area contributed by atoms with Gasteiger partial charge in [0.15, 0.2) is 18.1 Å². The van der Waals surface area contributed by atoms with Gasteiger partial charge in [-0.25, -0.2) is 4.79 Å². The Labute approximate surface area is 165 Å². The molecule has 6 nitrogen and oxygen atoms in total. The summed E-state index contributed by atoms with van der Waals surface area (Å²) in [5, 5.41) is 2.83. The Morgan fingerprint density at radius 3 is 2.36 bits per heavy atom. The van der Waals surface area contributed by atoms with Crippen molar-refractivity contribution >= 4 is 11.9 Å². The number of carbonyl (C=O) groups is 2. The second-order valence-electron chi connectivity index (χ2n) is 6.26. The Bertz CT molecular complexity index is 801. The lowest BCUT2D eigenvalue weighted by molar-refractivity contribution is -0.124. The van der Waals surface area contributed by atoms with Crippen molar-refractivity contribution in [1.82, 2.24) is 5.32 Å². The number of methoxy groups -OCH3 is 1. The SMILES string of the molecule is CCOc1ccc(C(=O)OCC(=O)N[C@@H](C)c2ccc(CC)cc2)cc1OC. The molecule has 0 unspecified atom stereocenters. The molecule has 0 fully saturated rings. The van der Waals surface area contributed by atoms with Crippen LogP contribution in [0.2, 0.25) is 0 Å². The van der Waals surface area contributed by atoms with Gasteiger partial charge in [0.25, 0.3) is 5.91 Å². The summed E-state index contributed by atoms with van der Waals surface area (Å²) in [5.41, 5.74) is 2.52. The van der Waals surface area contributed by atoms with Crippen LogP contribution in [0.1, 0.15) is 48.3 Å². The maximum absolute atomic E-state index is 12.2. The number of carbonyl (C=O) groups excluding carboxylic acids is 2. The molecular formula is C22H27NO5. The molecule has 0 aliphatic carbocycles. The summed E-state index contributed by atoms with van der Waals surface area (Å²) >= 11 is 0. The van der Waals surface area contributed by atoms with E-state index >= 15 is 0 Å². The number of ether oxygens (including phenoxy) is 3. The first-order valence-corrected chi connectivity index (χ1v) is 9.34. The maximum atomic E-state index is 12.2. The summed E-state index contributed by atoms with van der Waals surface area (Å²) in [4.78, 5) is 24.3. The molecule has 28 heavy (non-hydrogen) atoms. The standard InChI is InChI=1S/C22H27NO5/c1-5-16-7-9-17(10-8-16)15(3)23-21(24)14-28-22(25)18-11-12-19(27-6-2)20(13-18)26-4/h7-13,15H,5-6,14H2,1-4H3,(H,23,24)/t15-/m0/s1. The minimum atomic E-state index is -0.601. The predicted octanol–water partition coefficient (Wildman–Crippen LogP) is 3.69. The second-order valence-corrected chi connectivity index (χ2v) is 6.26. The van der Waals surface area contributed by atoms with Gasteiger partial charge in [-0.05, 0) is 49.6 Å². The topological polar surface area (TPSA) is 73.9 Å². The third-order valence-corrected chi connectivity index (χ3v) is 4.30. The van der Waals surface area contributed by atoms with E-state index in [1.54, 1.807) is 12.1 Å². The fourth-order valence-corrected chi connectivity index (χ4v) is 2.69. The van der Waals surface area contributed by atoms with Crippen LogP contribution in [0, 0.1) is 0 Å². The minimum absolute atomic E-state index is 0.178. The highest BCUT2D eigenvalue weighted by molar-refractivity contribution is 5.92. The van der Waals surface area contributed by atoms with Gasteiger partial charge in [0.2, 0.25) is 0 Å². The number of nitrogens with one attached hydrogen (secondary N) is 1.